The Bertz CT molecular complexity index is 721. The van der Waals surface area contributed by atoms with Gasteiger partial charge in [0.2, 0.25) is 5.79 Å². The molecule has 0 bridgehead atoms. The van der Waals surface area contributed by atoms with Crippen LogP contribution in [0, 0.1) is 0 Å². The van der Waals surface area contributed by atoms with Crippen molar-refractivity contribution in [2.75, 3.05) is 57.4 Å². The maximum absolute atomic E-state index is 12.7. The molecule has 0 spiro atoms. The summed E-state index contributed by atoms with van der Waals surface area (Å²) in [6.45, 7) is 10.8. The van der Waals surface area contributed by atoms with Gasteiger partial charge in [0.1, 0.15) is 5.75 Å². The third-order valence-corrected chi connectivity index (χ3v) is 6.29. The summed E-state index contributed by atoms with van der Waals surface area (Å²) in [5, 5.41) is 0. The minimum Gasteiger partial charge on any atom is -0.462 e. The molecule has 7 heteroatoms. The Morgan fingerprint density at radius 3 is 2.30 bits per heavy atom. The van der Waals surface area contributed by atoms with Crippen molar-refractivity contribution in [1.82, 2.24) is 9.80 Å². The highest BCUT2D eigenvalue weighted by atomic mass is 16.7. The first-order valence-corrected chi connectivity index (χ1v) is 11.5. The summed E-state index contributed by atoms with van der Waals surface area (Å²) in [6, 6.07) is 6.58. The van der Waals surface area contributed by atoms with Crippen LogP contribution in [0.15, 0.2) is 18.2 Å². The molecule has 2 fully saturated rings. The summed E-state index contributed by atoms with van der Waals surface area (Å²) in [7, 11) is 0. The zero-order valence-corrected chi connectivity index (χ0v) is 18.4. The minimum absolute atomic E-state index is 0.147. The van der Waals surface area contributed by atoms with Gasteiger partial charge in [-0.3, -0.25) is 0 Å². The molecule has 7 nitrogen and oxygen atoms in total. The average Bonchev–Trinajstić information content (AvgIpc) is 2.79. The van der Waals surface area contributed by atoms with Crippen LogP contribution in [0.25, 0.3) is 0 Å². The molecule has 0 radical (unpaired) electrons. The number of ether oxygens (including phenoxy) is 3. The molecule has 0 aliphatic carbocycles. The third kappa shape index (κ3) is 4.52. The van der Waals surface area contributed by atoms with Crippen molar-refractivity contribution in [1.29, 1.82) is 0 Å². The molecular formula is C23H35N3O4. The fraction of sp³-hybridized carbons (Fsp3) is 0.696. The lowest BCUT2D eigenvalue weighted by molar-refractivity contribution is -0.214. The van der Waals surface area contributed by atoms with Crippen molar-refractivity contribution in [3.63, 3.8) is 0 Å². The van der Waals surface area contributed by atoms with Crippen LogP contribution in [0.5, 0.6) is 5.75 Å². The molecule has 0 unspecified atom stereocenters. The van der Waals surface area contributed by atoms with E-state index in [0.29, 0.717) is 32.9 Å². The van der Waals surface area contributed by atoms with Crippen LogP contribution in [0.1, 0.15) is 45.1 Å². The number of fused-ring (bicyclic) bond motifs is 1. The Labute approximate surface area is 179 Å². The molecular weight excluding hydrogens is 382 g/mol. The second kappa shape index (κ2) is 9.43. The summed E-state index contributed by atoms with van der Waals surface area (Å²) < 4.78 is 17.9. The third-order valence-electron chi connectivity index (χ3n) is 6.29. The number of piperazine rings is 1. The number of anilines is 1. The number of morpholine rings is 1. The minimum atomic E-state index is -0.469. The van der Waals surface area contributed by atoms with E-state index < -0.39 is 5.79 Å². The van der Waals surface area contributed by atoms with Gasteiger partial charge in [-0.05, 0) is 31.0 Å². The molecule has 0 saturated carbocycles. The second-order valence-electron chi connectivity index (χ2n) is 8.45. The smallest absolute Gasteiger partial charge is 0.320 e. The van der Waals surface area contributed by atoms with Gasteiger partial charge in [-0.2, -0.15) is 0 Å². The lowest BCUT2D eigenvalue weighted by Crippen LogP contribution is -2.54. The zero-order chi connectivity index (χ0) is 21.0. The van der Waals surface area contributed by atoms with E-state index in [0.717, 1.165) is 63.2 Å². The summed E-state index contributed by atoms with van der Waals surface area (Å²) in [5.74, 6) is 0.483. The molecule has 1 aromatic carbocycles. The van der Waals surface area contributed by atoms with Crippen LogP contribution >= 0.6 is 0 Å². The van der Waals surface area contributed by atoms with E-state index in [1.54, 1.807) is 0 Å². The maximum Gasteiger partial charge on any atom is 0.320 e. The van der Waals surface area contributed by atoms with E-state index in [1.165, 1.54) is 5.69 Å². The predicted octanol–water partition coefficient (Wildman–Crippen LogP) is 3.47. The Hall–Kier alpha value is -1.99. The van der Waals surface area contributed by atoms with Crippen molar-refractivity contribution in [2.24, 2.45) is 0 Å². The average molecular weight is 418 g/mol. The van der Waals surface area contributed by atoms with Crippen molar-refractivity contribution in [3.05, 3.63) is 23.8 Å². The van der Waals surface area contributed by atoms with E-state index in [-0.39, 0.29) is 6.03 Å². The van der Waals surface area contributed by atoms with Crippen molar-refractivity contribution < 1.29 is 19.0 Å². The van der Waals surface area contributed by atoms with Gasteiger partial charge in [0.05, 0.1) is 19.8 Å². The van der Waals surface area contributed by atoms with Crippen LogP contribution in [0.4, 0.5) is 10.5 Å². The van der Waals surface area contributed by atoms with Gasteiger partial charge in [0.25, 0.3) is 0 Å². The SMILES string of the molecule is CCCC1(CCC)OCc2cc(N3CCN(C(=O)N4CCOCC4)CC3)ccc2O1. The number of hydrogen-bond donors (Lipinski definition) is 0. The summed E-state index contributed by atoms with van der Waals surface area (Å²) in [5.41, 5.74) is 2.29. The lowest BCUT2D eigenvalue weighted by Gasteiger charge is -2.40. The van der Waals surface area contributed by atoms with Gasteiger partial charge in [0, 0.05) is 63.4 Å². The van der Waals surface area contributed by atoms with E-state index in [2.05, 4.69) is 36.9 Å². The summed E-state index contributed by atoms with van der Waals surface area (Å²) >= 11 is 0. The van der Waals surface area contributed by atoms with E-state index in [4.69, 9.17) is 14.2 Å². The number of amides is 2. The first-order valence-electron chi connectivity index (χ1n) is 11.5. The van der Waals surface area contributed by atoms with Crippen LogP contribution in [-0.2, 0) is 16.1 Å². The van der Waals surface area contributed by atoms with Gasteiger partial charge in [0.15, 0.2) is 0 Å². The molecule has 2 saturated heterocycles. The van der Waals surface area contributed by atoms with Crippen molar-refractivity contribution in [2.45, 2.75) is 51.9 Å². The fourth-order valence-electron chi connectivity index (χ4n) is 4.66. The standard InChI is InChI=1S/C23H35N3O4/c1-3-7-23(8-4-2)29-18-19-17-20(5-6-21(19)30-23)24-9-11-25(12-10-24)22(27)26-13-15-28-16-14-26/h5-6,17H,3-4,7-16,18H2,1-2H3. The highest BCUT2D eigenvalue weighted by Crippen LogP contribution is 2.38. The fourth-order valence-corrected chi connectivity index (χ4v) is 4.66. The van der Waals surface area contributed by atoms with Crippen LogP contribution in [0.2, 0.25) is 0 Å². The Morgan fingerprint density at radius 1 is 0.967 bits per heavy atom. The number of nitrogens with zero attached hydrogens (tertiary/aromatic N) is 3. The number of hydrogen-bond acceptors (Lipinski definition) is 5. The van der Waals surface area contributed by atoms with Gasteiger partial charge in [-0.25, -0.2) is 4.79 Å². The zero-order valence-electron chi connectivity index (χ0n) is 18.4. The molecule has 30 heavy (non-hydrogen) atoms. The normalized spacial score (nSPS) is 21.2. The van der Waals surface area contributed by atoms with Crippen molar-refractivity contribution >= 4 is 11.7 Å². The number of carbonyl (C=O) groups excluding carboxylic acids is 1. The largest absolute Gasteiger partial charge is 0.462 e. The quantitative estimate of drug-likeness (QED) is 0.734. The van der Waals surface area contributed by atoms with Crippen LogP contribution in [-0.4, -0.2) is 74.1 Å². The molecule has 1 aromatic rings. The lowest BCUT2D eigenvalue weighted by atomic mass is 10.0. The van der Waals surface area contributed by atoms with Gasteiger partial charge >= 0.3 is 6.03 Å². The summed E-state index contributed by atoms with van der Waals surface area (Å²) in [6.07, 6.45) is 3.92. The van der Waals surface area contributed by atoms with Crippen molar-refractivity contribution in [3.8, 4) is 5.75 Å². The summed E-state index contributed by atoms with van der Waals surface area (Å²) in [4.78, 5) is 18.9. The van der Waals surface area contributed by atoms with Gasteiger partial charge < -0.3 is 28.9 Å². The Morgan fingerprint density at radius 2 is 1.63 bits per heavy atom. The van der Waals surface area contributed by atoms with Crippen LogP contribution < -0.4 is 9.64 Å². The monoisotopic (exact) mass is 417 g/mol. The molecule has 166 valence electrons. The molecule has 0 aromatic heterocycles. The number of urea groups is 1. The first kappa shape index (κ1) is 21.2. The number of rotatable bonds is 5. The van der Waals surface area contributed by atoms with Crippen LogP contribution in [0.3, 0.4) is 0 Å². The topological polar surface area (TPSA) is 54.5 Å². The molecule has 2 amide bonds. The van der Waals surface area contributed by atoms with E-state index in [1.807, 2.05) is 9.80 Å². The highest BCUT2D eigenvalue weighted by molar-refractivity contribution is 5.75. The Kier molecular flexibility index (Phi) is 6.68. The van der Waals surface area contributed by atoms with E-state index >= 15 is 0 Å². The van der Waals surface area contributed by atoms with Gasteiger partial charge in [-0.15, -0.1) is 0 Å². The van der Waals surface area contributed by atoms with Gasteiger partial charge in [-0.1, -0.05) is 13.8 Å². The number of carbonyl (C=O) groups is 1. The first-order chi connectivity index (χ1) is 14.6. The molecule has 3 aliphatic rings. The molecule has 0 atom stereocenters. The Balaban J connectivity index is 1.37. The molecule has 4 rings (SSSR count). The molecule has 3 heterocycles. The second-order valence-corrected chi connectivity index (χ2v) is 8.45. The molecule has 3 aliphatic heterocycles. The highest BCUT2D eigenvalue weighted by Gasteiger charge is 2.36. The predicted molar refractivity (Wildman–Crippen MR) is 116 cm³/mol. The maximum atomic E-state index is 12.7. The molecule has 0 N–H and O–H groups in total. The van der Waals surface area contributed by atoms with E-state index in [9.17, 15) is 4.79 Å². The number of benzene rings is 1.